The number of sulfonamides is 1. The zero-order chi connectivity index (χ0) is 17.0. The van der Waals surface area contributed by atoms with Crippen molar-refractivity contribution in [1.29, 1.82) is 0 Å². The van der Waals surface area contributed by atoms with Gasteiger partial charge < -0.3 is 10.3 Å². The lowest BCUT2D eigenvalue weighted by Gasteiger charge is -2.24. The summed E-state index contributed by atoms with van der Waals surface area (Å²) in [5, 5.41) is 2.72. The van der Waals surface area contributed by atoms with E-state index in [9.17, 15) is 13.2 Å². The number of carbonyl (C=O) groups is 1. The van der Waals surface area contributed by atoms with Crippen LogP contribution in [0.2, 0.25) is 0 Å². The molecule has 3 heterocycles. The number of aromatic amines is 1. The molecule has 1 amide bonds. The van der Waals surface area contributed by atoms with Crippen molar-refractivity contribution >= 4 is 27.7 Å². The number of thioether (sulfide) groups is 1. The van der Waals surface area contributed by atoms with Crippen LogP contribution in [0, 0.1) is 0 Å². The zero-order valence-electron chi connectivity index (χ0n) is 12.9. The molecule has 2 aromatic rings. The lowest BCUT2D eigenvalue weighted by molar-refractivity contribution is 0.0946. The zero-order valence-corrected chi connectivity index (χ0v) is 14.6. The first kappa shape index (κ1) is 17.0. The maximum absolute atomic E-state index is 12.6. The highest BCUT2D eigenvalue weighted by Crippen LogP contribution is 2.20. The summed E-state index contributed by atoms with van der Waals surface area (Å²) in [4.78, 5) is 19.1. The van der Waals surface area contributed by atoms with Gasteiger partial charge in [0.1, 0.15) is 10.6 Å². The molecule has 0 aromatic carbocycles. The Labute approximate surface area is 144 Å². The average molecular weight is 366 g/mol. The van der Waals surface area contributed by atoms with Gasteiger partial charge in [0, 0.05) is 37.0 Å². The molecule has 0 bridgehead atoms. The maximum atomic E-state index is 12.6. The number of amides is 1. The van der Waals surface area contributed by atoms with E-state index < -0.39 is 10.0 Å². The molecule has 2 aromatic heterocycles. The molecule has 0 aliphatic carbocycles. The minimum Gasteiger partial charge on any atom is -0.356 e. The van der Waals surface area contributed by atoms with Crippen molar-refractivity contribution in [2.24, 2.45) is 0 Å². The first-order chi connectivity index (χ1) is 11.6. The number of carbonyl (C=O) groups excluding carboxylic acids is 1. The lowest BCUT2D eigenvalue weighted by atomic mass is 10.3. The highest BCUT2D eigenvalue weighted by Gasteiger charge is 2.27. The van der Waals surface area contributed by atoms with E-state index in [1.165, 1.54) is 16.6 Å². The van der Waals surface area contributed by atoms with E-state index in [1.54, 1.807) is 30.1 Å². The van der Waals surface area contributed by atoms with Crippen molar-refractivity contribution < 1.29 is 13.2 Å². The van der Waals surface area contributed by atoms with Crippen LogP contribution in [0.15, 0.2) is 41.6 Å². The van der Waals surface area contributed by atoms with Crippen molar-refractivity contribution in [2.45, 2.75) is 11.4 Å². The summed E-state index contributed by atoms with van der Waals surface area (Å²) in [5.74, 6) is 1.22. The molecule has 1 aliphatic heterocycles. The lowest BCUT2D eigenvalue weighted by Crippen LogP contribution is -2.37. The van der Waals surface area contributed by atoms with Gasteiger partial charge >= 0.3 is 0 Å². The number of pyridine rings is 1. The van der Waals surface area contributed by atoms with Crippen LogP contribution < -0.4 is 5.32 Å². The normalized spacial score (nSPS) is 16.0. The van der Waals surface area contributed by atoms with E-state index in [-0.39, 0.29) is 23.0 Å². The summed E-state index contributed by atoms with van der Waals surface area (Å²) in [6.07, 6.45) is 3.02. The Hall–Kier alpha value is -1.84. The Morgan fingerprint density at radius 3 is 2.83 bits per heavy atom. The van der Waals surface area contributed by atoms with Crippen molar-refractivity contribution in [2.75, 3.05) is 24.6 Å². The molecule has 0 spiro atoms. The van der Waals surface area contributed by atoms with Gasteiger partial charge in [-0.15, -0.1) is 0 Å². The quantitative estimate of drug-likeness (QED) is 0.826. The van der Waals surface area contributed by atoms with Gasteiger partial charge in [-0.25, -0.2) is 8.42 Å². The Balaban J connectivity index is 1.67. The van der Waals surface area contributed by atoms with Crippen molar-refractivity contribution in [3.05, 3.63) is 48.0 Å². The molecule has 2 N–H and O–H groups in total. The van der Waals surface area contributed by atoms with Gasteiger partial charge in [-0.05, 0) is 18.2 Å². The largest absolute Gasteiger partial charge is 0.356 e. The van der Waals surface area contributed by atoms with E-state index >= 15 is 0 Å². The third-order valence-corrected chi connectivity index (χ3v) is 6.48. The van der Waals surface area contributed by atoms with E-state index in [0.717, 1.165) is 17.2 Å². The van der Waals surface area contributed by atoms with E-state index in [1.807, 2.05) is 6.07 Å². The Morgan fingerprint density at radius 2 is 2.12 bits per heavy atom. The predicted molar refractivity (Wildman–Crippen MR) is 92.3 cm³/mol. The van der Waals surface area contributed by atoms with Crippen LogP contribution in [-0.4, -0.2) is 53.2 Å². The van der Waals surface area contributed by atoms with Crippen molar-refractivity contribution in [1.82, 2.24) is 19.6 Å². The number of hydrogen-bond donors (Lipinski definition) is 2. The second-order valence-electron chi connectivity index (χ2n) is 5.27. The molecular formula is C15H18N4O3S2. The summed E-state index contributed by atoms with van der Waals surface area (Å²) in [6.45, 7) is 1.28. The molecule has 0 atom stereocenters. The second kappa shape index (κ2) is 7.37. The van der Waals surface area contributed by atoms with Crippen LogP contribution in [0.4, 0.5) is 0 Å². The van der Waals surface area contributed by atoms with Gasteiger partial charge in [0.2, 0.25) is 10.0 Å². The van der Waals surface area contributed by atoms with Gasteiger partial charge in [-0.1, -0.05) is 6.07 Å². The van der Waals surface area contributed by atoms with Crippen LogP contribution in [0.1, 0.15) is 16.2 Å². The van der Waals surface area contributed by atoms with E-state index in [0.29, 0.717) is 13.1 Å². The highest BCUT2D eigenvalue weighted by molar-refractivity contribution is 7.99. The van der Waals surface area contributed by atoms with Gasteiger partial charge in [0.25, 0.3) is 5.91 Å². The van der Waals surface area contributed by atoms with Crippen LogP contribution >= 0.6 is 11.8 Å². The van der Waals surface area contributed by atoms with Crippen LogP contribution in [0.3, 0.4) is 0 Å². The Morgan fingerprint density at radius 1 is 1.33 bits per heavy atom. The van der Waals surface area contributed by atoms with Gasteiger partial charge in [-0.2, -0.15) is 16.1 Å². The predicted octanol–water partition coefficient (Wildman–Crippen LogP) is 1.08. The fraction of sp³-hybridized carbons (Fsp3) is 0.333. The monoisotopic (exact) mass is 366 g/mol. The van der Waals surface area contributed by atoms with E-state index in [2.05, 4.69) is 15.3 Å². The minimum atomic E-state index is -3.55. The van der Waals surface area contributed by atoms with Crippen molar-refractivity contribution in [3.63, 3.8) is 0 Å². The summed E-state index contributed by atoms with van der Waals surface area (Å²) < 4.78 is 26.6. The molecule has 24 heavy (non-hydrogen) atoms. The van der Waals surface area contributed by atoms with E-state index in [4.69, 9.17) is 0 Å². The smallest absolute Gasteiger partial charge is 0.268 e. The summed E-state index contributed by atoms with van der Waals surface area (Å²) in [6, 6.07) is 6.82. The van der Waals surface area contributed by atoms with Gasteiger partial charge in [-0.3, -0.25) is 9.78 Å². The molecule has 7 nitrogen and oxygen atoms in total. The van der Waals surface area contributed by atoms with Crippen LogP contribution in [0.5, 0.6) is 0 Å². The first-order valence-electron chi connectivity index (χ1n) is 7.52. The second-order valence-corrected chi connectivity index (χ2v) is 8.43. The molecule has 0 unspecified atom stereocenters. The average Bonchev–Trinajstić information content (AvgIpc) is 3.12. The molecule has 1 aliphatic rings. The molecule has 1 saturated heterocycles. The fourth-order valence-corrected chi connectivity index (χ4v) is 4.93. The standard InChI is InChI=1S/C15H18N4O3S2/c20-15(18-10-12-3-1-2-4-16-12)14-9-13(11-17-14)24(21,22)19-5-7-23-8-6-19/h1-4,9,11,17H,5-8,10H2,(H,18,20). The molecule has 0 radical (unpaired) electrons. The Bertz CT molecular complexity index is 799. The number of hydrogen-bond acceptors (Lipinski definition) is 5. The minimum absolute atomic E-state index is 0.123. The van der Waals surface area contributed by atoms with Crippen LogP contribution in [-0.2, 0) is 16.6 Å². The van der Waals surface area contributed by atoms with Gasteiger partial charge in [0.15, 0.2) is 0 Å². The van der Waals surface area contributed by atoms with Crippen molar-refractivity contribution in [3.8, 4) is 0 Å². The highest BCUT2D eigenvalue weighted by atomic mass is 32.2. The fourth-order valence-electron chi connectivity index (χ4n) is 2.36. The number of H-pyrrole nitrogens is 1. The molecule has 1 fully saturated rings. The third-order valence-electron chi connectivity index (χ3n) is 3.67. The third kappa shape index (κ3) is 3.80. The molecule has 0 saturated carbocycles. The Kier molecular flexibility index (Phi) is 5.22. The number of rotatable bonds is 5. The molecule has 3 rings (SSSR count). The summed E-state index contributed by atoms with van der Waals surface area (Å²) in [5.41, 5.74) is 0.951. The number of aromatic nitrogens is 2. The summed E-state index contributed by atoms with van der Waals surface area (Å²) >= 11 is 1.74. The molecule has 9 heteroatoms. The molecular weight excluding hydrogens is 348 g/mol. The number of nitrogens with one attached hydrogen (secondary N) is 2. The first-order valence-corrected chi connectivity index (χ1v) is 10.1. The van der Waals surface area contributed by atoms with Crippen LogP contribution in [0.25, 0.3) is 0 Å². The topological polar surface area (TPSA) is 95.2 Å². The van der Waals surface area contributed by atoms with Gasteiger partial charge in [0.05, 0.1) is 12.2 Å². The number of nitrogens with zero attached hydrogens (tertiary/aromatic N) is 2. The SMILES string of the molecule is O=C(NCc1ccccn1)c1cc(S(=O)(=O)N2CCSCC2)c[nH]1. The maximum Gasteiger partial charge on any atom is 0.268 e. The molecule has 128 valence electrons. The summed E-state index contributed by atoms with van der Waals surface area (Å²) in [7, 11) is -3.55.